The molecule has 3 nitrogen and oxygen atoms in total. The van der Waals surface area contributed by atoms with Gasteiger partial charge in [0.1, 0.15) is 0 Å². The van der Waals surface area contributed by atoms with E-state index in [4.69, 9.17) is 0 Å². The molecule has 0 atom stereocenters. The van der Waals surface area contributed by atoms with Gasteiger partial charge in [-0.25, -0.2) is 9.97 Å². The monoisotopic (exact) mass is 243 g/mol. The average Bonchev–Trinajstić information content (AvgIpc) is 2.36. The Kier molecular flexibility index (Phi) is 2.36. The average molecular weight is 243 g/mol. The van der Waals surface area contributed by atoms with Gasteiger partial charge in [0.25, 0.3) is 0 Å². The second-order valence-electron chi connectivity index (χ2n) is 6.84. The number of anilines is 1. The fourth-order valence-electron chi connectivity index (χ4n) is 5.16. The second-order valence-corrected chi connectivity index (χ2v) is 6.84. The number of nitrogens with one attached hydrogen (secondary N) is 1. The van der Waals surface area contributed by atoms with Crippen molar-refractivity contribution in [1.29, 1.82) is 0 Å². The number of hydrogen-bond acceptors (Lipinski definition) is 3. The van der Waals surface area contributed by atoms with E-state index >= 15 is 0 Å². The lowest BCUT2D eigenvalue weighted by Crippen LogP contribution is -2.49. The predicted octanol–water partition coefficient (Wildman–Crippen LogP) is 3.10. The SMILES string of the molecule is c1cnc(NCC23CC4CC(CC(C4)C2)C3)nc1. The lowest BCUT2D eigenvalue weighted by atomic mass is 9.49. The highest BCUT2D eigenvalue weighted by Crippen LogP contribution is 2.59. The van der Waals surface area contributed by atoms with Crippen LogP contribution in [0.15, 0.2) is 18.5 Å². The Morgan fingerprint density at radius 2 is 1.56 bits per heavy atom. The zero-order valence-electron chi connectivity index (χ0n) is 10.8. The van der Waals surface area contributed by atoms with Crippen LogP contribution >= 0.6 is 0 Å². The van der Waals surface area contributed by atoms with Crippen LogP contribution in [0.4, 0.5) is 5.95 Å². The van der Waals surface area contributed by atoms with Crippen molar-refractivity contribution in [2.45, 2.75) is 38.5 Å². The molecule has 1 aromatic heterocycles. The zero-order valence-corrected chi connectivity index (χ0v) is 10.8. The van der Waals surface area contributed by atoms with E-state index in [0.717, 1.165) is 30.2 Å². The van der Waals surface area contributed by atoms with Gasteiger partial charge >= 0.3 is 0 Å². The molecular weight excluding hydrogens is 222 g/mol. The van der Waals surface area contributed by atoms with E-state index < -0.39 is 0 Å². The second kappa shape index (κ2) is 3.94. The Balaban J connectivity index is 1.48. The Morgan fingerprint density at radius 3 is 2.11 bits per heavy atom. The summed E-state index contributed by atoms with van der Waals surface area (Å²) in [4.78, 5) is 8.55. The third-order valence-electron chi connectivity index (χ3n) is 5.35. The van der Waals surface area contributed by atoms with E-state index in [-0.39, 0.29) is 0 Å². The summed E-state index contributed by atoms with van der Waals surface area (Å²) in [6.07, 6.45) is 12.5. The molecule has 0 spiro atoms. The quantitative estimate of drug-likeness (QED) is 0.886. The molecule has 0 amide bonds. The van der Waals surface area contributed by atoms with Gasteiger partial charge in [-0.1, -0.05) is 0 Å². The summed E-state index contributed by atoms with van der Waals surface area (Å²) in [6.45, 7) is 1.08. The van der Waals surface area contributed by atoms with Crippen molar-refractivity contribution >= 4 is 5.95 Å². The first-order valence-electron chi connectivity index (χ1n) is 7.32. The van der Waals surface area contributed by atoms with Gasteiger partial charge in [0, 0.05) is 18.9 Å². The lowest BCUT2D eigenvalue weighted by Gasteiger charge is -2.56. The molecular formula is C15H21N3. The molecule has 4 bridgehead atoms. The molecule has 0 unspecified atom stereocenters. The summed E-state index contributed by atoms with van der Waals surface area (Å²) < 4.78 is 0. The van der Waals surface area contributed by atoms with Crippen LogP contribution in [0.1, 0.15) is 38.5 Å². The summed E-state index contributed by atoms with van der Waals surface area (Å²) in [5, 5.41) is 3.48. The third-order valence-corrected chi connectivity index (χ3v) is 5.35. The van der Waals surface area contributed by atoms with E-state index in [2.05, 4.69) is 15.3 Å². The van der Waals surface area contributed by atoms with E-state index in [1.165, 1.54) is 38.5 Å². The predicted molar refractivity (Wildman–Crippen MR) is 71.1 cm³/mol. The smallest absolute Gasteiger partial charge is 0.222 e. The first kappa shape index (κ1) is 10.8. The maximum Gasteiger partial charge on any atom is 0.222 e. The molecule has 0 radical (unpaired) electrons. The van der Waals surface area contributed by atoms with Crippen molar-refractivity contribution in [1.82, 2.24) is 9.97 Å². The fraction of sp³-hybridized carbons (Fsp3) is 0.733. The molecule has 1 N–H and O–H groups in total. The highest BCUT2D eigenvalue weighted by Gasteiger charge is 2.50. The minimum absolute atomic E-state index is 0.563. The van der Waals surface area contributed by atoms with Crippen LogP contribution in [0.2, 0.25) is 0 Å². The lowest BCUT2D eigenvalue weighted by molar-refractivity contribution is -0.0445. The molecule has 1 aromatic rings. The van der Waals surface area contributed by atoms with E-state index in [1.807, 2.05) is 18.5 Å². The van der Waals surface area contributed by atoms with E-state index in [9.17, 15) is 0 Å². The first-order chi connectivity index (χ1) is 8.81. The number of rotatable bonds is 3. The van der Waals surface area contributed by atoms with E-state index in [1.54, 1.807) is 0 Å². The van der Waals surface area contributed by atoms with Crippen LogP contribution in [0.25, 0.3) is 0 Å². The van der Waals surface area contributed by atoms with Gasteiger partial charge in [-0.15, -0.1) is 0 Å². The van der Waals surface area contributed by atoms with Crippen LogP contribution in [0.5, 0.6) is 0 Å². The van der Waals surface area contributed by atoms with Crippen molar-refractivity contribution in [2.75, 3.05) is 11.9 Å². The largest absolute Gasteiger partial charge is 0.354 e. The molecule has 4 aliphatic carbocycles. The van der Waals surface area contributed by atoms with E-state index in [0.29, 0.717) is 5.41 Å². The van der Waals surface area contributed by atoms with Crippen molar-refractivity contribution < 1.29 is 0 Å². The van der Waals surface area contributed by atoms with Gasteiger partial charge in [0.2, 0.25) is 5.95 Å². The fourth-order valence-corrected chi connectivity index (χ4v) is 5.16. The molecule has 0 saturated heterocycles. The maximum absolute atomic E-state index is 4.27. The van der Waals surface area contributed by atoms with Crippen LogP contribution in [-0.4, -0.2) is 16.5 Å². The van der Waals surface area contributed by atoms with Gasteiger partial charge in [0.05, 0.1) is 0 Å². The molecule has 1 heterocycles. The standard InChI is InChI=1S/C15H21N3/c1-2-16-14(17-3-1)18-10-15-7-11-4-12(8-15)6-13(5-11)9-15/h1-3,11-13H,4-10H2,(H,16,17,18). The van der Waals surface area contributed by atoms with Gasteiger partial charge in [0.15, 0.2) is 0 Å². The highest BCUT2D eigenvalue weighted by molar-refractivity contribution is 5.23. The van der Waals surface area contributed by atoms with Crippen LogP contribution < -0.4 is 5.32 Å². The summed E-state index contributed by atoms with van der Waals surface area (Å²) in [5.41, 5.74) is 0.563. The number of nitrogens with zero attached hydrogens (tertiary/aromatic N) is 2. The molecule has 18 heavy (non-hydrogen) atoms. The Morgan fingerprint density at radius 1 is 1.00 bits per heavy atom. The normalized spacial score (nSPS) is 41.0. The highest BCUT2D eigenvalue weighted by atomic mass is 15.1. The topological polar surface area (TPSA) is 37.8 Å². The van der Waals surface area contributed by atoms with Crippen LogP contribution in [0, 0.1) is 23.2 Å². The number of hydrogen-bond donors (Lipinski definition) is 1. The third kappa shape index (κ3) is 1.80. The van der Waals surface area contributed by atoms with Crippen LogP contribution in [0.3, 0.4) is 0 Å². The Bertz CT molecular complexity index is 393. The molecule has 4 saturated carbocycles. The summed E-state index contributed by atoms with van der Waals surface area (Å²) in [6, 6.07) is 1.87. The molecule has 4 aliphatic rings. The maximum atomic E-state index is 4.27. The van der Waals surface area contributed by atoms with Gasteiger partial charge in [-0.3, -0.25) is 0 Å². The van der Waals surface area contributed by atoms with Crippen molar-refractivity contribution in [3.05, 3.63) is 18.5 Å². The zero-order chi connectivity index (χ0) is 12.0. The van der Waals surface area contributed by atoms with Crippen molar-refractivity contribution in [2.24, 2.45) is 23.2 Å². The summed E-state index contributed by atoms with van der Waals surface area (Å²) in [7, 11) is 0. The van der Waals surface area contributed by atoms with Crippen molar-refractivity contribution in [3.63, 3.8) is 0 Å². The Labute approximate surface area is 108 Å². The minimum Gasteiger partial charge on any atom is -0.354 e. The molecule has 4 fully saturated rings. The summed E-state index contributed by atoms with van der Waals surface area (Å²) in [5.74, 6) is 3.87. The Hall–Kier alpha value is -1.12. The minimum atomic E-state index is 0.563. The van der Waals surface area contributed by atoms with Gasteiger partial charge in [-0.05, 0) is 67.8 Å². The molecule has 3 heteroatoms. The number of aromatic nitrogens is 2. The molecule has 96 valence electrons. The van der Waals surface area contributed by atoms with Gasteiger partial charge < -0.3 is 5.32 Å². The summed E-state index contributed by atoms with van der Waals surface area (Å²) >= 11 is 0. The van der Waals surface area contributed by atoms with Crippen molar-refractivity contribution in [3.8, 4) is 0 Å². The van der Waals surface area contributed by atoms with Crippen LogP contribution in [-0.2, 0) is 0 Å². The molecule has 0 aliphatic heterocycles. The first-order valence-corrected chi connectivity index (χ1v) is 7.32. The van der Waals surface area contributed by atoms with Gasteiger partial charge in [-0.2, -0.15) is 0 Å². The molecule has 0 aromatic carbocycles. The molecule has 5 rings (SSSR count).